The van der Waals surface area contributed by atoms with Crippen molar-refractivity contribution < 1.29 is 12.9 Å². The van der Waals surface area contributed by atoms with Crippen LogP contribution in [0.1, 0.15) is 62.7 Å². The fraction of sp³-hybridized carbons (Fsp3) is 0.846. The third-order valence-electron chi connectivity index (χ3n) is 4.33. The smallest absolute Gasteiger partial charge is 0.245 e. The van der Waals surface area contributed by atoms with Gasteiger partial charge in [0.1, 0.15) is 6.04 Å². The van der Waals surface area contributed by atoms with E-state index in [1.54, 1.807) is 11.2 Å². The Morgan fingerprint density at radius 2 is 1.90 bits per heavy atom. The minimum atomic E-state index is -3.24. The molecule has 3 rings (SSSR count). The SMILES string of the molecule is Cc1noc(C2CCCN2S(=O)(=O)C2CCCCC2)n1. The maximum atomic E-state index is 12.8. The second kappa shape index (κ2) is 5.44. The van der Waals surface area contributed by atoms with Gasteiger partial charge >= 0.3 is 0 Å². The molecule has 1 aliphatic heterocycles. The number of sulfonamides is 1. The van der Waals surface area contributed by atoms with Gasteiger partial charge in [-0.25, -0.2) is 8.42 Å². The summed E-state index contributed by atoms with van der Waals surface area (Å²) in [5.41, 5.74) is 0. The molecular formula is C13H21N3O3S. The predicted molar refractivity (Wildman–Crippen MR) is 73.5 cm³/mol. The highest BCUT2D eigenvalue weighted by Crippen LogP contribution is 2.37. The van der Waals surface area contributed by atoms with Crippen molar-refractivity contribution in [1.82, 2.24) is 14.4 Å². The van der Waals surface area contributed by atoms with E-state index in [4.69, 9.17) is 4.52 Å². The molecule has 6 nitrogen and oxygen atoms in total. The average Bonchev–Trinajstić information content (AvgIpc) is 3.08. The quantitative estimate of drug-likeness (QED) is 0.855. The molecule has 0 aromatic carbocycles. The van der Waals surface area contributed by atoms with Crippen LogP contribution in [0.3, 0.4) is 0 Å². The zero-order valence-electron chi connectivity index (χ0n) is 11.8. The first-order valence-corrected chi connectivity index (χ1v) is 8.90. The third kappa shape index (κ3) is 2.48. The van der Waals surface area contributed by atoms with E-state index >= 15 is 0 Å². The Hall–Kier alpha value is -0.950. The lowest BCUT2D eigenvalue weighted by atomic mass is 10.0. The Balaban J connectivity index is 1.84. The Morgan fingerprint density at radius 3 is 2.55 bits per heavy atom. The highest BCUT2D eigenvalue weighted by Gasteiger charge is 2.42. The summed E-state index contributed by atoms with van der Waals surface area (Å²) >= 11 is 0. The topological polar surface area (TPSA) is 76.3 Å². The van der Waals surface area contributed by atoms with Gasteiger partial charge in [0.15, 0.2) is 5.82 Å². The maximum Gasteiger partial charge on any atom is 0.245 e. The highest BCUT2D eigenvalue weighted by molar-refractivity contribution is 7.89. The molecule has 1 saturated heterocycles. The zero-order chi connectivity index (χ0) is 14.2. The fourth-order valence-corrected chi connectivity index (χ4v) is 5.54. The molecule has 1 atom stereocenters. The van der Waals surface area contributed by atoms with Crippen molar-refractivity contribution in [2.75, 3.05) is 6.54 Å². The standard InChI is InChI=1S/C13H21N3O3S/c1-10-14-13(19-15-10)12-8-5-9-16(12)20(17,18)11-6-3-2-4-7-11/h11-12H,2-9H2,1H3. The third-order valence-corrected chi connectivity index (χ3v) is 6.74. The summed E-state index contributed by atoms with van der Waals surface area (Å²) in [5.74, 6) is 1.00. The molecule has 1 saturated carbocycles. The van der Waals surface area contributed by atoms with E-state index in [1.165, 1.54) is 0 Å². The molecule has 112 valence electrons. The van der Waals surface area contributed by atoms with Crippen LogP contribution in [0.15, 0.2) is 4.52 Å². The van der Waals surface area contributed by atoms with Crippen molar-refractivity contribution in [3.63, 3.8) is 0 Å². The van der Waals surface area contributed by atoms with Crippen molar-refractivity contribution in [3.8, 4) is 0 Å². The lowest BCUT2D eigenvalue weighted by Gasteiger charge is -2.29. The van der Waals surface area contributed by atoms with Crippen LogP contribution in [0.25, 0.3) is 0 Å². The van der Waals surface area contributed by atoms with Gasteiger partial charge in [-0.3, -0.25) is 0 Å². The summed E-state index contributed by atoms with van der Waals surface area (Å²) in [6, 6.07) is -0.261. The van der Waals surface area contributed by atoms with Crippen molar-refractivity contribution in [3.05, 3.63) is 11.7 Å². The molecule has 0 N–H and O–H groups in total. The minimum absolute atomic E-state index is 0.221. The average molecular weight is 299 g/mol. The predicted octanol–water partition coefficient (Wildman–Crippen LogP) is 2.18. The van der Waals surface area contributed by atoms with Crippen molar-refractivity contribution >= 4 is 10.0 Å². The van der Waals surface area contributed by atoms with Crippen LogP contribution in [0, 0.1) is 6.92 Å². The molecule has 20 heavy (non-hydrogen) atoms. The van der Waals surface area contributed by atoms with Crippen LogP contribution in [-0.2, 0) is 10.0 Å². The van der Waals surface area contributed by atoms with Crippen molar-refractivity contribution in [1.29, 1.82) is 0 Å². The van der Waals surface area contributed by atoms with Crippen LogP contribution in [-0.4, -0.2) is 34.7 Å². The van der Waals surface area contributed by atoms with Gasteiger partial charge in [0.25, 0.3) is 0 Å². The van der Waals surface area contributed by atoms with Gasteiger partial charge in [-0.05, 0) is 32.6 Å². The summed E-state index contributed by atoms with van der Waals surface area (Å²) in [6.07, 6.45) is 6.39. The van der Waals surface area contributed by atoms with Gasteiger partial charge in [0.2, 0.25) is 15.9 Å². The second-order valence-electron chi connectivity index (χ2n) is 5.75. The van der Waals surface area contributed by atoms with Crippen molar-refractivity contribution in [2.45, 2.75) is 63.2 Å². The molecule has 0 amide bonds. The van der Waals surface area contributed by atoms with E-state index in [0.29, 0.717) is 18.3 Å². The normalized spacial score (nSPS) is 26.1. The minimum Gasteiger partial charge on any atom is -0.338 e. The van der Waals surface area contributed by atoms with Gasteiger partial charge in [0.05, 0.1) is 5.25 Å². The number of hydrogen-bond acceptors (Lipinski definition) is 5. The van der Waals surface area contributed by atoms with Gasteiger partial charge in [-0.2, -0.15) is 9.29 Å². The molecule has 2 fully saturated rings. The van der Waals surface area contributed by atoms with E-state index < -0.39 is 10.0 Å². The summed E-state index contributed by atoms with van der Waals surface area (Å²) in [6.45, 7) is 2.33. The number of nitrogens with zero attached hydrogens (tertiary/aromatic N) is 3. The van der Waals surface area contributed by atoms with Crippen LogP contribution in [0.2, 0.25) is 0 Å². The fourth-order valence-electron chi connectivity index (χ4n) is 3.29. The van der Waals surface area contributed by atoms with E-state index in [0.717, 1.165) is 44.9 Å². The molecule has 7 heteroatoms. The molecule has 0 radical (unpaired) electrons. The van der Waals surface area contributed by atoms with E-state index in [1.807, 2.05) is 0 Å². The van der Waals surface area contributed by atoms with Crippen LogP contribution >= 0.6 is 0 Å². The zero-order valence-corrected chi connectivity index (χ0v) is 12.6. The number of rotatable bonds is 3. The molecule has 1 aromatic rings. The number of aryl methyl sites for hydroxylation is 1. The van der Waals surface area contributed by atoms with E-state index in [9.17, 15) is 8.42 Å². The first-order chi connectivity index (χ1) is 9.59. The molecule has 1 unspecified atom stereocenters. The lowest BCUT2D eigenvalue weighted by Crippen LogP contribution is -2.39. The van der Waals surface area contributed by atoms with Gasteiger partial charge in [-0.15, -0.1) is 0 Å². The lowest BCUT2D eigenvalue weighted by molar-refractivity contribution is 0.285. The monoisotopic (exact) mass is 299 g/mol. The summed E-state index contributed by atoms with van der Waals surface area (Å²) in [5, 5.41) is 3.56. The Labute approximate surface area is 119 Å². The van der Waals surface area contributed by atoms with Crippen LogP contribution in [0.5, 0.6) is 0 Å². The maximum absolute atomic E-state index is 12.8. The Bertz CT molecular complexity index is 563. The summed E-state index contributed by atoms with van der Waals surface area (Å²) in [7, 11) is -3.24. The van der Waals surface area contributed by atoms with Gasteiger partial charge < -0.3 is 4.52 Å². The summed E-state index contributed by atoms with van der Waals surface area (Å²) < 4.78 is 32.4. The van der Waals surface area contributed by atoms with Gasteiger partial charge in [-0.1, -0.05) is 24.4 Å². The van der Waals surface area contributed by atoms with E-state index in [2.05, 4.69) is 10.1 Å². The first kappa shape index (κ1) is 14.0. The first-order valence-electron chi connectivity index (χ1n) is 7.40. The molecule has 0 spiro atoms. The largest absolute Gasteiger partial charge is 0.338 e. The molecule has 2 heterocycles. The Morgan fingerprint density at radius 1 is 1.15 bits per heavy atom. The van der Waals surface area contributed by atoms with Crippen LogP contribution < -0.4 is 0 Å². The number of aromatic nitrogens is 2. The highest BCUT2D eigenvalue weighted by atomic mass is 32.2. The molecule has 2 aliphatic rings. The molecule has 1 aliphatic carbocycles. The van der Waals surface area contributed by atoms with Crippen LogP contribution in [0.4, 0.5) is 0 Å². The number of hydrogen-bond donors (Lipinski definition) is 0. The van der Waals surface area contributed by atoms with E-state index in [-0.39, 0.29) is 11.3 Å². The van der Waals surface area contributed by atoms with Crippen molar-refractivity contribution in [2.24, 2.45) is 0 Å². The second-order valence-corrected chi connectivity index (χ2v) is 7.92. The molecule has 1 aromatic heterocycles. The van der Waals surface area contributed by atoms with Gasteiger partial charge in [0, 0.05) is 6.54 Å². The Kier molecular flexibility index (Phi) is 3.81. The molecular weight excluding hydrogens is 278 g/mol. The summed E-state index contributed by atoms with van der Waals surface area (Å²) in [4.78, 5) is 4.22. The molecule has 0 bridgehead atoms.